The lowest BCUT2D eigenvalue weighted by molar-refractivity contribution is -0.00516. The number of nitrogens with two attached hydrogens (primary N) is 1. The van der Waals surface area contributed by atoms with Crippen molar-refractivity contribution in [2.24, 2.45) is 7.05 Å². The summed E-state index contributed by atoms with van der Waals surface area (Å²) in [6.45, 7) is 6.16. The Morgan fingerprint density at radius 1 is 1.56 bits per heavy atom. The number of aromatic nitrogens is 2. The molecule has 0 atom stereocenters. The standard InChI is InChI=1S/C10H20N4O3S/c1-5-17-10(2,3)6-13-18(15,16)9-8(11)12-7-14(9)4/h7,13H,5-6,11H2,1-4H3. The molecule has 0 aromatic carbocycles. The van der Waals surface area contributed by atoms with Crippen LogP contribution in [-0.4, -0.2) is 36.7 Å². The molecule has 18 heavy (non-hydrogen) atoms. The Morgan fingerprint density at radius 3 is 2.61 bits per heavy atom. The zero-order valence-electron chi connectivity index (χ0n) is 11.1. The van der Waals surface area contributed by atoms with Crippen LogP contribution in [0.2, 0.25) is 0 Å². The van der Waals surface area contributed by atoms with Crippen LogP contribution in [0.5, 0.6) is 0 Å². The molecule has 0 unspecified atom stereocenters. The first-order chi connectivity index (χ1) is 8.19. The number of rotatable bonds is 6. The van der Waals surface area contributed by atoms with E-state index in [1.165, 1.54) is 10.9 Å². The molecule has 0 bridgehead atoms. The van der Waals surface area contributed by atoms with Gasteiger partial charge in [0.2, 0.25) is 0 Å². The lowest BCUT2D eigenvalue weighted by Crippen LogP contribution is -2.41. The quantitative estimate of drug-likeness (QED) is 0.767. The van der Waals surface area contributed by atoms with E-state index in [4.69, 9.17) is 10.5 Å². The third kappa shape index (κ3) is 3.44. The van der Waals surface area contributed by atoms with E-state index in [-0.39, 0.29) is 17.4 Å². The minimum absolute atomic E-state index is 0.0146. The first-order valence-corrected chi connectivity index (χ1v) is 7.08. The normalized spacial score (nSPS) is 12.9. The van der Waals surface area contributed by atoms with Gasteiger partial charge in [-0.25, -0.2) is 18.1 Å². The van der Waals surface area contributed by atoms with E-state index in [1.54, 1.807) is 7.05 Å². The van der Waals surface area contributed by atoms with Gasteiger partial charge in [-0.3, -0.25) is 0 Å². The molecule has 8 heteroatoms. The number of anilines is 1. The predicted octanol–water partition coefficient (Wildman–Crippen LogP) is 0.0957. The first-order valence-electron chi connectivity index (χ1n) is 5.60. The largest absolute Gasteiger partial charge is 0.381 e. The smallest absolute Gasteiger partial charge is 0.260 e. The van der Waals surface area contributed by atoms with E-state index >= 15 is 0 Å². The Morgan fingerprint density at radius 2 is 2.17 bits per heavy atom. The van der Waals surface area contributed by atoms with Crippen LogP contribution in [0.25, 0.3) is 0 Å². The number of imidazole rings is 1. The van der Waals surface area contributed by atoms with Crippen LogP contribution in [0.15, 0.2) is 11.4 Å². The molecule has 3 N–H and O–H groups in total. The molecule has 1 heterocycles. The van der Waals surface area contributed by atoms with Crippen molar-refractivity contribution in [1.29, 1.82) is 0 Å². The maximum absolute atomic E-state index is 12.1. The first kappa shape index (κ1) is 14.9. The van der Waals surface area contributed by atoms with Crippen molar-refractivity contribution in [3.05, 3.63) is 6.33 Å². The zero-order chi connectivity index (χ0) is 14.0. The van der Waals surface area contributed by atoms with E-state index < -0.39 is 15.6 Å². The van der Waals surface area contributed by atoms with Crippen molar-refractivity contribution in [1.82, 2.24) is 14.3 Å². The fourth-order valence-corrected chi connectivity index (χ4v) is 2.97. The summed E-state index contributed by atoms with van der Waals surface area (Å²) in [7, 11) is -2.11. The van der Waals surface area contributed by atoms with Crippen LogP contribution in [0.3, 0.4) is 0 Å². The zero-order valence-corrected chi connectivity index (χ0v) is 11.9. The van der Waals surface area contributed by atoms with Crippen LogP contribution in [0, 0.1) is 0 Å². The van der Waals surface area contributed by atoms with Crippen LogP contribution < -0.4 is 10.5 Å². The van der Waals surface area contributed by atoms with Gasteiger partial charge in [-0.2, -0.15) is 0 Å². The summed E-state index contributed by atoms with van der Waals surface area (Å²) in [5.41, 5.74) is 4.97. The van der Waals surface area contributed by atoms with Gasteiger partial charge >= 0.3 is 0 Å². The number of aryl methyl sites for hydroxylation is 1. The minimum Gasteiger partial charge on any atom is -0.381 e. The Bertz CT molecular complexity index is 488. The van der Waals surface area contributed by atoms with Crippen molar-refractivity contribution in [2.75, 3.05) is 18.9 Å². The second-order valence-corrected chi connectivity index (χ2v) is 6.25. The number of hydrogen-bond acceptors (Lipinski definition) is 5. The summed E-state index contributed by atoms with van der Waals surface area (Å²) < 4.78 is 33.4. The molecule has 1 aromatic rings. The predicted molar refractivity (Wildman–Crippen MR) is 68.5 cm³/mol. The molecule has 0 saturated heterocycles. The summed E-state index contributed by atoms with van der Waals surface area (Å²) in [5, 5.41) is -0.0326. The molecule has 1 rings (SSSR count). The third-order valence-electron chi connectivity index (χ3n) is 2.39. The number of nitrogens with one attached hydrogen (secondary N) is 1. The average molecular weight is 276 g/mol. The molecule has 0 spiro atoms. The Labute approximate surface area is 107 Å². The minimum atomic E-state index is -3.68. The van der Waals surface area contributed by atoms with Gasteiger partial charge in [0.1, 0.15) is 0 Å². The summed E-state index contributed by atoms with van der Waals surface area (Å²) in [5.74, 6) is -0.0146. The monoisotopic (exact) mass is 276 g/mol. The summed E-state index contributed by atoms with van der Waals surface area (Å²) >= 11 is 0. The highest BCUT2D eigenvalue weighted by Gasteiger charge is 2.26. The van der Waals surface area contributed by atoms with Gasteiger partial charge in [0, 0.05) is 20.2 Å². The fraction of sp³-hybridized carbons (Fsp3) is 0.700. The number of hydrogen-bond donors (Lipinski definition) is 2. The van der Waals surface area contributed by atoms with Crippen molar-refractivity contribution in [3.63, 3.8) is 0 Å². The van der Waals surface area contributed by atoms with Crippen LogP contribution in [-0.2, 0) is 21.8 Å². The maximum Gasteiger partial charge on any atom is 0.260 e. The molecular weight excluding hydrogens is 256 g/mol. The topological polar surface area (TPSA) is 99.2 Å². The summed E-state index contributed by atoms with van der Waals surface area (Å²) in [6.07, 6.45) is 1.36. The molecule has 0 aliphatic carbocycles. The van der Waals surface area contributed by atoms with E-state index in [2.05, 4.69) is 9.71 Å². The van der Waals surface area contributed by atoms with Crippen LogP contribution in [0.1, 0.15) is 20.8 Å². The molecule has 0 amide bonds. The van der Waals surface area contributed by atoms with Gasteiger partial charge in [-0.05, 0) is 20.8 Å². The highest BCUT2D eigenvalue weighted by Crippen LogP contribution is 2.16. The number of sulfonamides is 1. The molecular formula is C10H20N4O3S. The molecule has 1 aromatic heterocycles. The van der Waals surface area contributed by atoms with Crippen LogP contribution in [0.4, 0.5) is 5.82 Å². The van der Waals surface area contributed by atoms with Crippen LogP contribution >= 0.6 is 0 Å². The Kier molecular flexibility index (Phi) is 4.36. The Hall–Kier alpha value is -1.12. The number of nitrogen functional groups attached to an aromatic ring is 1. The highest BCUT2D eigenvalue weighted by atomic mass is 32.2. The number of ether oxygens (including phenoxy) is 1. The SMILES string of the molecule is CCOC(C)(C)CNS(=O)(=O)c1c(N)ncn1C. The van der Waals surface area contributed by atoms with E-state index in [9.17, 15) is 8.42 Å². The Balaban J connectivity index is 2.84. The van der Waals surface area contributed by atoms with Gasteiger partial charge < -0.3 is 15.0 Å². The molecule has 7 nitrogen and oxygen atoms in total. The van der Waals surface area contributed by atoms with E-state index in [0.717, 1.165) is 0 Å². The van der Waals surface area contributed by atoms with E-state index in [1.807, 2.05) is 20.8 Å². The van der Waals surface area contributed by atoms with Gasteiger partial charge in [0.05, 0.1) is 11.9 Å². The summed E-state index contributed by atoms with van der Waals surface area (Å²) in [4.78, 5) is 3.75. The summed E-state index contributed by atoms with van der Waals surface area (Å²) in [6, 6.07) is 0. The van der Waals surface area contributed by atoms with E-state index in [0.29, 0.717) is 6.61 Å². The van der Waals surface area contributed by atoms with Gasteiger partial charge in [0.15, 0.2) is 10.8 Å². The van der Waals surface area contributed by atoms with Crippen molar-refractivity contribution >= 4 is 15.8 Å². The third-order valence-corrected chi connectivity index (χ3v) is 3.92. The lowest BCUT2D eigenvalue weighted by atomic mass is 10.1. The van der Waals surface area contributed by atoms with Gasteiger partial charge in [-0.15, -0.1) is 0 Å². The molecule has 0 aliphatic heterocycles. The van der Waals surface area contributed by atoms with Crippen molar-refractivity contribution in [3.8, 4) is 0 Å². The second kappa shape index (κ2) is 5.25. The number of nitrogens with zero attached hydrogens (tertiary/aromatic N) is 2. The molecule has 104 valence electrons. The molecule has 0 radical (unpaired) electrons. The molecule has 0 aliphatic rings. The average Bonchev–Trinajstić information content (AvgIpc) is 2.56. The van der Waals surface area contributed by atoms with Gasteiger partial charge in [0.25, 0.3) is 10.0 Å². The van der Waals surface area contributed by atoms with Crippen molar-refractivity contribution in [2.45, 2.75) is 31.4 Å². The lowest BCUT2D eigenvalue weighted by Gasteiger charge is -2.24. The van der Waals surface area contributed by atoms with Gasteiger partial charge in [-0.1, -0.05) is 0 Å². The molecule has 0 saturated carbocycles. The highest BCUT2D eigenvalue weighted by molar-refractivity contribution is 7.89. The second-order valence-electron chi connectivity index (χ2n) is 4.56. The van der Waals surface area contributed by atoms with Crippen molar-refractivity contribution < 1.29 is 13.2 Å². The maximum atomic E-state index is 12.1. The molecule has 0 fully saturated rings. The fourth-order valence-electron chi connectivity index (χ4n) is 1.54.